The van der Waals surface area contributed by atoms with Crippen LogP contribution in [0.4, 0.5) is 0 Å². The van der Waals surface area contributed by atoms with Gasteiger partial charge in [-0.1, -0.05) is 0 Å². The van der Waals surface area contributed by atoms with E-state index in [1.54, 1.807) is 14.2 Å². The van der Waals surface area contributed by atoms with Gasteiger partial charge in [0, 0.05) is 37.2 Å². The van der Waals surface area contributed by atoms with Gasteiger partial charge in [0.1, 0.15) is 11.5 Å². The van der Waals surface area contributed by atoms with Crippen LogP contribution >= 0.6 is 12.4 Å². The molecule has 1 saturated heterocycles. The first-order valence-electron chi connectivity index (χ1n) is 8.52. The fourth-order valence-corrected chi connectivity index (χ4v) is 3.07. The maximum atomic E-state index is 12.8. The third-order valence-electron chi connectivity index (χ3n) is 4.56. The smallest absolute Gasteiger partial charge is 0.224 e. The van der Waals surface area contributed by atoms with Crippen molar-refractivity contribution in [1.82, 2.24) is 10.2 Å². The van der Waals surface area contributed by atoms with Crippen LogP contribution in [0.1, 0.15) is 24.8 Å². The van der Waals surface area contributed by atoms with Gasteiger partial charge in [0.15, 0.2) is 0 Å². The van der Waals surface area contributed by atoms with Crippen LogP contribution in [0.25, 0.3) is 0 Å². The molecule has 1 heterocycles. The summed E-state index contributed by atoms with van der Waals surface area (Å²) in [6.07, 6.45) is 2.63. The van der Waals surface area contributed by atoms with Gasteiger partial charge in [-0.05, 0) is 31.0 Å². The Morgan fingerprint density at radius 2 is 2.12 bits per heavy atom. The van der Waals surface area contributed by atoms with E-state index in [1.165, 1.54) is 0 Å². The average molecular weight is 371 g/mol. The molecule has 1 aromatic rings. The van der Waals surface area contributed by atoms with Crippen LogP contribution < -0.4 is 14.8 Å². The van der Waals surface area contributed by atoms with E-state index < -0.39 is 0 Å². The zero-order valence-electron chi connectivity index (χ0n) is 14.8. The minimum absolute atomic E-state index is 0. The molecule has 0 spiro atoms. The highest BCUT2D eigenvalue weighted by Crippen LogP contribution is 2.32. The third kappa shape index (κ3) is 5.23. The van der Waals surface area contributed by atoms with Gasteiger partial charge in [-0.2, -0.15) is 0 Å². The van der Waals surface area contributed by atoms with Crippen molar-refractivity contribution in [2.45, 2.75) is 37.9 Å². The molecule has 7 heteroatoms. The summed E-state index contributed by atoms with van der Waals surface area (Å²) in [5.74, 6) is 1.73. The Balaban J connectivity index is 0.00000225. The first kappa shape index (κ1) is 19.8. The predicted octanol–water partition coefficient (Wildman–Crippen LogP) is 2.00. The molecule has 1 atom stereocenters. The highest BCUT2D eigenvalue weighted by atomic mass is 35.5. The molecule has 1 aliphatic carbocycles. The predicted molar refractivity (Wildman–Crippen MR) is 97.6 cm³/mol. The molecule has 0 radical (unpaired) electrons. The molecule has 3 rings (SSSR count). The third-order valence-corrected chi connectivity index (χ3v) is 4.56. The molecule has 1 aliphatic heterocycles. The number of amides is 1. The zero-order chi connectivity index (χ0) is 16.9. The van der Waals surface area contributed by atoms with Crippen molar-refractivity contribution in [1.29, 1.82) is 0 Å². The van der Waals surface area contributed by atoms with E-state index >= 15 is 0 Å². The number of benzene rings is 1. The Labute approximate surface area is 155 Å². The summed E-state index contributed by atoms with van der Waals surface area (Å²) in [7, 11) is 3.29. The van der Waals surface area contributed by atoms with Crippen LogP contribution in [0.3, 0.4) is 0 Å². The highest BCUT2D eigenvalue weighted by Gasteiger charge is 2.34. The van der Waals surface area contributed by atoms with E-state index in [2.05, 4.69) is 5.32 Å². The van der Waals surface area contributed by atoms with Crippen molar-refractivity contribution >= 4 is 18.3 Å². The van der Waals surface area contributed by atoms with Gasteiger partial charge in [0.05, 0.1) is 27.4 Å². The largest absolute Gasteiger partial charge is 0.497 e. The Bertz CT molecular complexity index is 574. The standard InChI is InChI=1S/C18H26N2O4.ClH/c1-22-16-5-6-17(23-2)13(9-16)11-20(15-3-4-15)18(21)10-14-12-24-8-7-19-14;/h5-6,9,14-15,19H,3-4,7-8,10-12H2,1-2H3;1H. The molecule has 140 valence electrons. The van der Waals surface area contributed by atoms with Crippen LogP contribution in [0.15, 0.2) is 18.2 Å². The Kier molecular flexibility index (Phi) is 7.35. The Morgan fingerprint density at radius 1 is 1.32 bits per heavy atom. The SMILES string of the molecule is COc1ccc(OC)c(CN(C(=O)CC2COCCN2)C2CC2)c1.Cl. The van der Waals surface area contributed by atoms with Gasteiger partial charge in [0.2, 0.25) is 5.91 Å². The summed E-state index contributed by atoms with van der Waals surface area (Å²) < 4.78 is 16.2. The number of rotatable bonds is 7. The maximum Gasteiger partial charge on any atom is 0.224 e. The van der Waals surface area contributed by atoms with Gasteiger partial charge in [-0.25, -0.2) is 0 Å². The van der Waals surface area contributed by atoms with Crippen LogP contribution in [-0.4, -0.2) is 56.9 Å². The molecule has 0 bridgehead atoms. The van der Waals surface area contributed by atoms with Crippen LogP contribution in [0, 0.1) is 0 Å². The number of hydrogen-bond donors (Lipinski definition) is 1. The Morgan fingerprint density at radius 3 is 2.72 bits per heavy atom. The molecule has 6 nitrogen and oxygen atoms in total. The monoisotopic (exact) mass is 370 g/mol. The topological polar surface area (TPSA) is 60.0 Å². The maximum absolute atomic E-state index is 12.8. The highest BCUT2D eigenvalue weighted by molar-refractivity contribution is 5.85. The number of nitrogens with one attached hydrogen (secondary N) is 1. The molecule has 1 unspecified atom stereocenters. The molecule has 2 aliphatic rings. The quantitative estimate of drug-likeness (QED) is 0.795. The van der Waals surface area contributed by atoms with Crippen molar-refractivity contribution in [3.05, 3.63) is 23.8 Å². The van der Waals surface area contributed by atoms with E-state index in [0.29, 0.717) is 25.6 Å². The van der Waals surface area contributed by atoms with E-state index in [1.807, 2.05) is 23.1 Å². The summed E-state index contributed by atoms with van der Waals surface area (Å²) >= 11 is 0. The number of morpholine rings is 1. The van der Waals surface area contributed by atoms with Gasteiger partial charge >= 0.3 is 0 Å². The second-order valence-corrected chi connectivity index (χ2v) is 6.36. The number of ether oxygens (including phenoxy) is 3. The fourth-order valence-electron chi connectivity index (χ4n) is 3.07. The lowest BCUT2D eigenvalue weighted by molar-refractivity contribution is -0.133. The fraction of sp³-hybridized carbons (Fsp3) is 0.611. The van der Waals surface area contributed by atoms with Crippen molar-refractivity contribution < 1.29 is 19.0 Å². The van der Waals surface area contributed by atoms with Crippen LogP contribution in [-0.2, 0) is 16.1 Å². The zero-order valence-corrected chi connectivity index (χ0v) is 15.6. The summed E-state index contributed by atoms with van der Waals surface area (Å²) in [6.45, 7) is 2.69. The average Bonchev–Trinajstić information content (AvgIpc) is 3.45. The van der Waals surface area contributed by atoms with Crippen LogP contribution in [0.2, 0.25) is 0 Å². The second-order valence-electron chi connectivity index (χ2n) is 6.36. The van der Waals surface area contributed by atoms with E-state index in [4.69, 9.17) is 14.2 Å². The van der Waals surface area contributed by atoms with Crippen molar-refractivity contribution in [3.8, 4) is 11.5 Å². The number of nitrogens with zero attached hydrogens (tertiary/aromatic N) is 1. The number of halogens is 1. The first-order valence-corrected chi connectivity index (χ1v) is 8.52. The molecule has 0 aromatic heterocycles. The van der Waals surface area contributed by atoms with Crippen molar-refractivity contribution in [3.63, 3.8) is 0 Å². The van der Waals surface area contributed by atoms with Gasteiger partial charge in [0.25, 0.3) is 0 Å². The molecular formula is C18H27ClN2O4. The van der Waals surface area contributed by atoms with Gasteiger partial charge in [-0.15, -0.1) is 12.4 Å². The number of carbonyl (C=O) groups is 1. The number of methoxy groups -OCH3 is 2. The van der Waals surface area contributed by atoms with E-state index in [9.17, 15) is 4.79 Å². The normalized spacial score (nSPS) is 19.7. The molecular weight excluding hydrogens is 344 g/mol. The lowest BCUT2D eigenvalue weighted by Gasteiger charge is -2.28. The molecule has 25 heavy (non-hydrogen) atoms. The van der Waals surface area contributed by atoms with Crippen LogP contribution in [0.5, 0.6) is 11.5 Å². The van der Waals surface area contributed by atoms with Crippen molar-refractivity contribution in [2.24, 2.45) is 0 Å². The van der Waals surface area contributed by atoms with Crippen molar-refractivity contribution in [2.75, 3.05) is 34.0 Å². The summed E-state index contributed by atoms with van der Waals surface area (Å²) in [5.41, 5.74) is 0.977. The minimum atomic E-state index is 0. The van der Waals surface area contributed by atoms with E-state index in [0.717, 1.165) is 43.1 Å². The van der Waals surface area contributed by atoms with Gasteiger partial charge in [-0.3, -0.25) is 4.79 Å². The second kappa shape index (κ2) is 9.27. The first-order chi connectivity index (χ1) is 11.7. The summed E-state index contributed by atoms with van der Waals surface area (Å²) in [4.78, 5) is 14.8. The number of hydrogen-bond acceptors (Lipinski definition) is 5. The molecule has 1 N–H and O–H groups in total. The number of carbonyl (C=O) groups excluding carboxylic acids is 1. The lowest BCUT2D eigenvalue weighted by atomic mass is 10.1. The summed E-state index contributed by atoms with van der Waals surface area (Å²) in [5, 5.41) is 3.35. The molecule has 1 aromatic carbocycles. The van der Waals surface area contributed by atoms with E-state index in [-0.39, 0.29) is 24.4 Å². The lowest BCUT2D eigenvalue weighted by Crippen LogP contribution is -2.45. The molecule has 1 amide bonds. The minimum Gasteiger partial charge on any atom is -0.497 e. The Hall–Kier alpha value is -1.50. The summed E-state index contributed by atoms with van der Waals surface area (Å²) in [6, 6.07) is 6.16. The van der Waals surface area contributed by atoms with Gasteiger partial charge < -0.3 is 24.4 Å². The molecule has 2 fully saturated rings. The molecule has 1 saturated carbocycles.